The van der Waals surface area contributed by atoms with E-state index in [0.29, 0.717) is 12.0 Å². The van der Waals surface area contributed by atoms with E-state index in [1.807, 2.05) is 66.7 Å². The second-order valence-electron chi connectivity index (χ2n) is 4.58. The van der Waals surface area contributed by atoms with Gasteiger partial charge in [-0.2, -0.15) is 5.26 Å². The van der Waals surface area contributed by atoms with Crippen LogP contribution < -0.4 is 0 Å². The summed E-state index contributed by atoms with van der Waals surface area (Å²) in [5, 5.41) is 9.46. The number of rotatable bonds is 5. The van der Waals surface area contributed by atoms with Gasteiger partial charge in [-0.05, 0) is 24.5 Å². The Kier molecular flexibility index (Phi) is 5.50. The molecule has 3 heteroatoms. The van der Waals surface area contributed by atoms with E-state index in [4.69, 9.17) is 4.74 Å². The third-order valence-corrected chi connectivity index (χ3v) is 3.07. The van der Waals surface area contributed by atoms with Crippen molar-refractivity contribution in [3.05, 3.63) is 84.3 Å². The summed E-state index contributed by atoms with van der Waals surface area (Å²) < 4.78 is 5.09. The summed E-state index contributed by atoms with van der Waals surface area (Å²) in [6.45, 7) is 3.82. The van der Waals surface area contributed by atoms with Gasteiger partial charge in [0, 0.05) is 5.57 Å². The monoisotopic (exact) mass is 290 g/mol. The summed E-state index contributed by atoms with van der Waals surface area (Å²) in [6, 6.07) is 20.7. The molecule has 0 heterocycles. The summed E-state index contributed by atoms with van der Waals surface area (Å²) in [5.41, 5.74) is 2.19. The summed E-state index contributed by atoms with van der Waals surface area (Å²) in [6.07, 6.45) is 0.469. The van der Waals surface area contributed by atoms with Crippen molar-refractivity contribution in [3.63, 3.8) is 0 Å². The quantitative estimate of drug-likeness (QED) is 0.478. The molecule has 0 saturated heterocycles. The van der Waals surface area contributed by atoms with Gasteiger partial charge in [0.1, 0.15) is 11.6 Å². The van der Waals surface area contributed by atoms with Crippen LogP contribution in [0.5, 0.6) is 0 Å². The summed E-state index contributed by atoms with van der Waals surface area (Å²) in [5.74, 6) is -0.617. The van der Waals surface area contributed by atoms with Gasteiger partial charge in [-0.3, -0.25) is 0 Å². The number of hydrogen-bond acceptors (Lipinski definition) is 3. The van der Waals surface area contributed by atoms with Crippen molar-refractivity contribution < 1.29 is 9.53 Å². The maximum Gasteiger partial charge on any atom is 0.349 e. The van der Waals surface area contributed by atoms with Crippen LogP contribution in [-0.4, -0.2) is 12.6 Å². The first-order valence-electron chi connectivity index (χ1n) is 6.99. The fourth-order valence-electron chi connectivity index (χ4n) is 2.11. The van der Waals surface area contributed by atoms with E-state index in [1.165, 1.54) is 0 Å². The highest BCUT2D eigenvalue weighted by Crippen LogP contribution is 2.27. The standard InChI is InChI=1S/C19H16NO2/c1-2-13-22-19(21)17(14-20)18(15-9-5-3-6-10-15)16-11-7-4-8-12-16/h3-12H,1-2,13H2. The normalized spacial score (nSPS) is 9.64. The number of nitriles is 1. The molecule has 0 aliphatic carbocycles. The largest absolute Gasteiger partial charge is 0.462 e. The lowest BCUT2D eigenvalue weighted by Gasteiger charge is -2.11. The van der Waals surface area contributed by atoms with E-state index in [2.05, 4.69) is 6.92 Å². The molecule has 0 aliphatic heterocycles. The molecule has 1 radical (unpaired) electrons. The van der Waals surface area contributed by atoms with Gasteiger partial charge in [-0.25, -0.2) is 4.79 Å². The molecular weight excluding hydrogens is 274 g/mol. The Morgan fingerprint density at radius 2 is 1.50 bits per heavy atom. The highest BCUT2D eigenvalue weighted by atomic mass is 16.5. The predicted molar refractivity (Wildman–Crippen MR) is 85.5 cm³/mol. The number of hydrogen-bond donors (Lipinski definition) is 0. The zero-order valence-electron chi connectivity index (χ0n) is 12.2. The smallest absolute Gasteiger partial charge is 0.349 e. The minimum Gasteiger partial charge on any atom is -0.462 e. The van der Waals surface area contributed by atoms with Crippen LogP contribution in [0, 0.1) is 18.3 Å². The highest BCUT2D eigenvalue weighted by molar-refractivity contribution is 6.05. The molecule has 0 saturated carbocycles. The molecule has 3 nitrogen and oxygen atoms in total. The highest BCUT2D eigenvalue weighted by Gasteiger charge is 2.19. The lowest BCUT2D eigenvalue weighted by molar-refractivity contribution is -0.138. The Hall–Kier alpha value is -2.86. The molecule has 109 valence electrons. The Labute approximate surface area is 130 Å². The molecule has 0 amide bonds. The van der Waals surface area contributed by atoms with Crippen molar-refractivity contribution >= 4 is 11.5 Å². The van der Waals surface area contributed by atoms with Crippen molar-refractivity contribution in [1.82, 2.24) is 0 Å². The minimum absolute atomic E-state index is 0.00542. The SMILES string of the molecule is [CH2]CCOC(=O)C(C#N)=C(c1ccccc1)c1ccccc1. The van der Waals surface area contributed by atoms with E-state index in [-0.39, 0.29) is 12.2 Å². The first kappa shape index (κ1) is 15.5. The predicted octanol–water partition coefficient (Wildman–Crippen LogP) is 3.78. The van der Waals surface area contributed by atoms with Crippen LogP contribution >= 0.6 is 0 Å². The van der Waals surface area contributed by atoms with E-state index < -0.39 is 5.97 Å². The van der Waals surface area contributed by atoms with Gasteiger partial charge in [-0.15, -0.1) is 0 Å². The molecule has 2 aromatic carbocycles. The zero-order chi connectivity index (χ0) is 15.8. The van der Waals surface area contributed by atoms with Crippen LogP contribution in [0.3, 0.4) is 0 Å². The van der Waals surface area contributed by atoms with Gasteiger partial charge in [0.25, 0.3) is 0 Å². The molecule has 0 aromatic heterocycles. The lowest BCUT2D eigenvalue weighted by Crippen LogP contribution is -2.10. The van der Waals surface area contributed by atoms with Crippen LogP contribution in [0.2, 0.25) is 0 Å². The molecule has 0 atom stereocenters. The van der Waals surface area contributed by atoms with Crippen molar-refractivity contribution in [2.45, 2.75) is 6.42 Å². The maximum atomic E-state index is 12.2. The molecule has 0 aliphatic rings. The summed E-state index contributed by atoms with van der Waals surface area (Å²) in [4.78, 5) is 12.2. The van der Waals surface area contributed by atoms with Crippen molar-refractivity contribution in [2.75, 3.05) is 6.61 Å². The molecule has 2 aromatic rings. The third kappa shape index (κ3) is 3.62. The Bertz CT molecular complexity index is 656. The van der Waals surface area contributed by atoms with Gasteiger partial charge in [-0.1, -0.05) is 60.7 Å². The number of benzene rings is 2. The Morgan fingerprint density at radius 1 is 1.00 bits per heavy atom. The van der Waals surface area contributed by atoms with E-state index >= 15 is 0 Å². The minimum atomic E-state index is -0.617. The van der Waals surface area contributed by atoms with E-state index in [1.54, 1.807) is 0 Å². The lowest BCUT2D eigenvalue weighted by atomic mass is 9.93. The van der Waals surface area contributed by atoms with Gasteiger partial charge >= 0.3 is 5.97 Å². The maximum absolute atomic E-state index is 12.2. The first-order chi connectivity index (χ1) is 10.8. The van der Waals surface area contributed by atoms with Crippen molar-refractivity contribution in [2.24, 2.45) is 0 Å². The molecule has 0 N–H and O–H groups in total. The van der Waals surface area contributed by atoms with Crippen LogP contribution in [0.4, 0.5) is 0 Å². The number of ether oxygens (including phenoxy) is 1. The zero-order valence-corrected chi connectivity index (χ0v) is 12.2. The number of esters is 1. The Balaban J connectivity index is 2.59. The molecule has 0 spiro atoms. The van der Waals surface area contributed by atoms with Crippen LogP contribution in [-0.2, 0) is 9.53 Å². The van der Waals surface area contributed by atoms with Gasteiger partial charge < -0.3 is 4.74 Å². The van der Waals surface area contributed by atoms with Gasteiger partial charge in [0.2, 0.25) is 0 Å². The molecule has 22 heavy (non-hydrogen) atoms. The van der Waals surface area contributed by atoms with E-state index in [9.17, 15) is 10.1 Å². The summed E-state index contributed by atoms with van der Waals surface area (Å²) in [7, 11) is 0. The second kappa shape index (κ2) is 7.80. The van der Waals surface area contributed by atoms with E-state index in [0.717, 1.165) is 11.1 Å². The second-order valence-corrected chi connectivity index (χ2v) is 4.58. The average molecular weight is 290 g/mol. The molecule has 0 fully saturated rings. The van der Waals surface area contributed by atoms with Crippen LogP contribution in [0.15, 0.2) is 66.2 Å². The Morgan fingerprint density at radius 3 is 1.91 bits per heavy atom. The number of carbonyl (C=O) groups excluding carboxylic acids is 1. The fourth-order valence-corrected chi connectivity index (χ4v) is 2.11. The molecule has 0 unspecified atom stereocenters. The van der Waals surface area contributed by atoms with Gasteiger partial charge in [0.15, 0.2) is 0 Å². The van der Waals surface area contributed by atoms with Gasteiger partial charge in [0.05, 0.1) is 6.61 Å². The number of nitrogens with zero attached hydrogens (tertiary/aromatic N) is 1. The van der Waals surface area contributed by atoms with Crippen molar-refractivity contribution in [3.8, 4) is 6.07 Å². The number of carbonyl (C=O) groups is 1. The van der Waals surface area contributed by atoms with Crippen molar-refractivity contribution in [1.29, 1.82) is 5.26 Å². The summed E-state index contributed by atoms with van der Waals surface area (Å²) >= 11 is 0. The molecule has 0 bridgehead atoms. The molecule has 2 rings (SSSR count). The topological polar surface area (TPSA) is 50.1 Å². The van der Waals surface area contributed by atoms with Crippen LogP contribution in [0.25, 0.3) is 5.57 Å². The average Bonchev–Trinajstić information content (AvgIpc) is 2.59. The molecular formula is C19H16NO2. The first-order valence-corrected chi connectivity index (χ1v) is 6.99. The third-order valence-electron chi connectivity index (χ3n) is 3.07. The fraction of sp³-hybridized carbons (Fsp3) is 0.105. The van der Waals surface area contributed by atoms with Crippen LogP contribution in [0.1, 0.15) is 17.5 Å².